The number of anilines is 1. The van der Waals surface area contributed by atoms with Gasteiger partial charge in [0.05, 0.1) is 22.9 Å². The van der Waals surface area contributed by atoms with Crippen LogP contribution in [-0.4, -0.2) is 22.4 Å². The normalized spacial score (nSPS) is 10.3. The molecule has 0 radical (unpaired) electrons. The summed E-state index contributed by atoms with van der Waals surface area (Å²) < 4.78 is 1.87. The fourth-order valence-corrected chi connectivity index (χ4v) is 2.09. The Balaban J connectivity index is 1.81. The number of halogens is 1. The molecule has 0 aliphatic heterocycles. The van der Waals surface area contributed by atoms with Crippen LogP contribution in [0.2, 0.25) is 5.02 Å². The molecule has 2 rings (SSSR count). The molecule has 0 saturated heterocycles. The lowest BCUT2D eigenvalue weighted by Gasteiger charge is -2.09. The molecule has 2 N–H and O–H groups in total. The lowest BCUT2D eigenvalue weighted by atomic mass is 10.3. The number of urea groups is 1. The Labute approximate surface area is 122 Å². The molecule has 1 aromatic carbocycles. The first-order valence-electron chi connectivity index (χ1n) is 6.36. The number of aromatic nitrogens is 2. The Hall–Kier alpha value is -2.01. The summed E-state index contributed by atoms with van der Waals surface area (Å²) in [6, 6.07) is 8.84. The van der Waals surface area contributed by atoms with E-state index < -0.39 is 0 Å². The van der Waals surface area contributed by atoms with Crippen molar-refractivity contribution in [3.05, 3.63) is 46.7 Å². The SMILES string of the molecule is Cc1cc(C)n(CCNC(=O)Nc2ccccc2Cl)n1. The van der Waals surface area contributed by atoms with Crippen LogP contribution in [0.15, 0.2) is 30.3 Å². The Kier molecular flexibility index (Phi) is 4.63. The van der Waals surface area contributed by atoms with Gasteiger partial charge in [0.1, 0.15) is 0 Å². The molecular weight excluding hydrogens is 276 g/mol. The van der Waals surface area contributed by atoms with E-state index in [1.807, 2.05) is 36.7 Å². The van der Waals surface area contributed by atoms with Gasteiger partial charge in [0.25, 0.3) is 0 Å². The van der Waals surface area contributed by atoms with Crippen molar-refractivity contribution in [1.82, 2.24) is 15.1 Å². The van der Waals surface area contributed by atoms with Gasteiger partial charge in [-0.15, -0.1) is 0 Å². The summed E-state index contributed by atoms with van der Waals surface area (Å²) in [6.07, 6.45) is 0. The molecule has 0 bridgehead atoms. The van der Waals surface area contributed by atoms with E-state index in [0.717, 1.165) is 11.4 Å². The summed E-state index contributed by atoms with van der Waals surface area (Å²) in [6.45, 7) is 5.07. The van der Waals surface area contributed by atoms with Gasteiger partial charge in [-0.2, -0.15) is 5.10 Å². The first-order valence-corrected chi connectivity index (χ1v) is 6.74. The van der Waals surface area contributed by atoms with Crippen molar-refractivity contribution < 1.29 is 4.79 Å². The van der Waals surface area contributed by atoms with Crippen molar-refractivity contribution in [2.45, 2.75) is 20.4 Å². The second-order valence-electron chi connectivity index (χ2n) is 4.51. The van der Waals surface area contributed by atoms with Crippen molar-refractivity contribution >= 4 is 23.3 Å². The molecule has 106 valence electrons. The topological polar surface area (TPSA) is 59.0 Å². The van der Waals surface area contributed by atoms with Crippen molar-refractivity contribution in [3.63, 3.8) is 0 Å². The molecule has 5 nitrogen and oxygen atoms in total. The highest BCUT2D eigenvalue weighted by Gasteiger charge is 2.05. The lowest BCUT2D eigenvalue weighted by molar-refractivity contribution is 0.251. The van der Waals surface area contributed by atoms with Gasteiger partial charge in [0.15, 0.2) is 0 Å². The van der Waals surface area contributed by atoms with E-state index in [9.17, 15) is 4.79 Å². The third kappa shape index (κ3) is 3.74. The van der Waals surface area contributed by atoms with E-state index in [1.54, 1.807) is 12.1 Å². The minimum absolute atomic E-state index is 0.278. The molecule has 6 heteroatoms. The Bertz CT molecular complexity index is 609. The summed E-state index contributed by atoms with van der Waals surface area (Å²) in [5.74, 6) is 0. The molecule has 0 unspecified atom stereocenters. The maximum Gasteiger partial charge on any atom is 0.319 e. The lowest BCUT2D eigenvalue weighted by Crippen LogP contribution is -2.31. The minimum atomic E-state index is -0.278. The van der Waals surface area contributed by atoms with Crippen LogP contribution < -0.4 is 10.6 Å². The predicted molar refractivity (Wildman–Crippen MR) is 80.2 cm³/mol. The third-order valence-electron chi connectivity index (χ3n) is 2.83. The number of hydrogen-bond donors (Lipinski definition) is 2. The highest BCUT2D eigenvalue weighted by Crippen LogP contribution is 2.19. The van der Waals surface area contributed by atoms with Crippen LogP contribution in [0.5, 0.6) is 0 Å². The zero-order valence-corrected chi connectivity index (χ0v) is 12.2. The van der Waals surface area contributed by atoms with Gasteiger partial charge in [-0.05, 0) is 32.0 Å². The van der Waals surface area contributed by atoms with Crippen LogP contribution in [0.4, 0.5) is 10.5 Å². The molecule has 0 aliphatic rings. The van der Waals surface area contributed by atoms with Crippen LogP contribution in [0, 0.1) is 13.8 Å². The fraction of sp³-hybridized carbons (Fsp3) is 0.286. The van der Waals surface area contributed by atoms with E-state index in [1.165, 1.54) is 0 Å². The van der Waals surface area contributed by atoms with Crippen LogP contribution in [0.1, 0.15) is 11.4 Å². The quantitative estimate of drug-likeness (QED) is 0.910. The minimum Gasteiger partial charge on any atom is -0.336 e. The first-order chi connectivity index (χ1) is 9.56. The molecule has 2 amide bonds. The highest BCUT2D eigenvalue weighted by atomic mass is 35.5. The fourth-order valence-electron chi connectivity index (χ4n) is 1.91. The molecule has 0 spiro atoms. The molecule has 0 fully saturated rings. The smallest absolute Gasteiger partial charge is 0.319 e. The molecule has 1 heterocycles. The molecule has 0 saturated carbocycles. The van der Waals surface area contributed by atoms with E-state index in [0.29, 0.717) is 23.8 Å². The number of rotatable bonds is 4. The summed E-state index contributed by atoms with van der Waals surface area (Å²) in [7, 11) is 0. The molecule has 2 aromatic rings. The third-order valence-corrected chi connectivity index (χ3v) is 3.16. The van der Waals surface area contributed by atoms with Crippen LogP contribution in [0.25, 0.3) is 0 Å². The molecule has 0 aliphatic carbocycles. The summed E-state index contributed by atoms with van der Waals surface area (Å²) in [5, 5.41) is 10.3. The number of hydrogen-bond acceptors (Lipinski definition) is 2. The summed E-state index contributed by atoms with van der Waals surface area (Å²) in [5.41, 5.74) is 2.65. The van der Waals surface area contributed by atoms with Gasteiger partial charge < -0.3 is 10.6 Å². The van der Waals surface area contributed by atoms with E-state index >= 15 is 0 Å². The van der Waals surface area contributed by atoms with E-state index in [4.69, 9.17) is 11.6 Å². The number of para-hydroxylation sites is 1. The van der Waals surface area contributed by atoms with Gasteiger partial charge in [0, 0.05) is 12.2 Å². The predicted octanol–water partition coefficient (Wildman–Crippen LogP) is 2.98. The molecule has 1 aromatic heterocycles. The second-order valence-corrected chi connectivity index (χ2v) is 4.92. The Morgan fingerprint density at radius 1 is 1.35 bits per heavy atom. The highest BCUT2D eigenvalue weighted by molar-refractivity contribution is 6.33. The number of nitrogens with one attached hydrogen (secondary N) is 2. The molecular formula is C14H17ClN4O. The Morgan fingerprint density at radius 2 is 2.10 bits per heavy atom. The van der Waals surface area contributed by atoms with Gasteiger partial charge in [-0.25, -0.2) is 4.79 Å². The first kappa shape index (κ1) is 14.4. The molecule has 20 heavy (non-hydrogen) atoms. The summed E-state index contributed by atoms with van der Waals surface area (Å²) in [4.78, 5) is 11.7. The largest absolute Gasteiger partial charge is 0.336 e. The number of nitrogens with zero attached hydrogens (tertiary/aromatic N) is 2. The summed E-state index contributed by atoms with van der Waals surface area (Å²) >= 11 is 5.97. The Morgan fingerprint density at radius 3 is 2.75 bits per heavy atom. The van der Waals surface area contributed by atoms with Crippen LogP contribution >= 0.6 is 11.6 Å². The van der Waals surface area contributed by atoms with Crippen molar-refractivity contribution in [1.29, 1.82) is 0 Å². The van der Waals surface area contributed by atoms with Gasteiger partial charge >= 0.3 is 6.03 Å². The van der Waals surface area contributed by atoms with Crippen molar-refractivity contribution in [3.8, 4) is 0 Å². The maximum absolute atomic E-state index is 11.7. The average Bonchev–Trinajstić information content (AvgIpc) is 2.71. The number of benzene rings is 1. The second kappa shape index (κ2) is 6.43. The standard InChI is InChI=1S/C14H17ClN4O/c1-10-9-11(2)19(18-10)8-7-16-14(20)17-13-6-4-3-5-12(13)15/h3-6,9H,7-8H2,1-2H3,(H2,16,17,20). The molecule has 0 atom stereocenters. The van der Waals surface area contributed by atoms with Gasteiger partial charge in [-0.3, -0.25) is 4.68 Å². The van der Waals surface area contributed by atoms with Crippen molar-refractivity contribution in [2.75, 3.05) is 11.9 Å². The monoisotopic (exact) mass is 292 g/mol. The van der Waals surface area contributed by atoms with Gasteiger partial charge in [0.2, 0.25) is 0 Å². The van der Waals surface area contributed by atoms with Gasteiger partial charge in [-0.1, -0.05) is 23.7 Å². The zero-order chi connectivity index (χ0) is 14.5. The van der Waals surface area contributed by atoms with Crippen LogP contribution in [-0.2, 0) is 6.54 Å². The van der Waals surface area contributed by atoms with E-state index in [2.05, 4.69) is 15.7 Å². The van der Waals surface area contributed by atoms with Crippen molar-refractivity contribution in [2.24, 2.45) is 0 Å². The van der Waals surface area contributed by atoms with E-state index in [-0.39, 0.29) is 6.03 Å². The number of aryl methyl sites for hydroxylation is 2. The average molecular weight is 293 g/mol. The zero-order valence-electron chi connectivity index (χ0n) is 11.5. The number of carbonyl (C=O) groups is 1. The van der Waals surface area contributed by atoms with Crippen LogP contribution in [0.3, 0.4) is 0 Å². The maximum atomic E-state index is 11.7. The number of amides is 2. The number of carbonyl (C=O) groups excluding carboxylic acids is 1.